The van der Waals surface area contributed by atoms with E-state index in [0.29, 0.717) is 28.6 Å². The lowest BCUT2D eigenvalue weighted by atomic mass is 10.3. The molecule has 0 spiro atoms. The number of halogens is 1. The monoisotopic (exact) mass is 266 g/mol. The molecule has 2 rings (SSSR count). The SMILES string of the molecule is Cc1nc(Cl)c(C)c(Oc2cnn(C(C)C)c2)n1. The Bertz CT molecular complexity index is 565. The van der Waals surface area contributed by atoms with Gasteiger partial charge in [0.05, 0.1) is 12.4 Å². The van der Waals surface area contributed by atoms with Crippen LogP contribution in [0.3, 0.4) is 0 Å². The summed E-state index contributed by atoms with van der Waals surface area (Å²) in [6.07, 6.45) is 3.49. The van der Waals surface area contributed by atoms with E-state index in [2.05, 4.69) is 15.1 Å². The summed E-state index contributed by atoms with van der Waals surface area (Å²) in [7, 11) is 0. The maximum absolute atomic E-state index is 5.99. The summed E-state index contributed by atoms with van der Waals surface area (Å²) in [4.78, 5) is 8.29. The van der Waals surface area contributed by atoms with Gasteiger partial charge in [-0.15, -0.1) is 0 Å². The van der Waals surface area contributed by atoms with Crippen LogP contribution >= 0.6 is 11.6 Å². The van der Waals surface area contributed by atoms with Crippen LogP contribution in [0, 0.1) is 13.8 Å². The van der Waals surface area contributed by atoms with Crippen LogP contribution in [0.1, 0.15) is 31.3 Å². The predicted octanol–water partition coefficient (Wildman–Crippen LogP) is 3.32. The summed E-state index contributed by atoms with van der Waals surface area (Å²) in [6.45, 7) is 7.70. The Hall–Kier alpha value is -1.62. The Morgan fingerprint density at radius 3 is 2.61 bits per heavy atom. The average Bonchev–Trinajstić information content (AvgIpc) is 2.74. The molecule has 0 atom stereocenters. The molecule has 0 aliphatic rings. The first-order chi connectivity index (χ1) is 8.47. The molecule has 0 radical (unpaired) electrons. The second-order valence-corrected chi connectivity index (χ2v) is 4.70. The highest BCUT2D eigenvalue weighted by Gasteiger charge is 2.11. The number of hydrogen-bond acceptors (Lipinski definition) is 4. The standard InChI is InChI=1S/C12H15ClN4O/c1-7(2)17-6-10(5-14-17)18-12-8(3)11(13)15-9(4)16-12/h5-7H,1-4H3. The van der Waals surface area contributed by atoms with Gasteiger partial charge in [0.25, 0.3) is 0 Å². The van der Waals surface area contributed by atoms with Crippen molar-refractivity contribution < 1.29 is 4.74 Å². The maximum atomic E-state index is 5.99. The van der Waals surface area contributed by atoms with Crippen LogP contribution in [0.4, 0.5) is 0 Å². The van der Waals surface area contributed by atoms with E-state index in [4.69, 9.17) is 16.3 Å². The van der Waals surface area contributed by atoms with Gasteiger partial charge in [-0.25, -0.2) is 4.98 Å². The lowest BCUT2D eigenvalue weighted by molar-refractivity contribution is 0.452. The summed E-state index contributed by atoms with van der Waals surface area (Å²) >= 11 is 5.99. The van der Waals surface area contributed by atoms with Crippen molar-refractivity contribution >= 4 is 11.6 Å². The minimum atomic E-state index is 0.291. The highest BCUT2D eigenvalue weighted by atomic mass is 35.5. The fraction of sp³-hybridized carbons (Fsp3) is 0.417. The number of aromatic nitrogens is 4. The number of aryl methyl sites for hydroxylation is 1. The van der Waals surface area contributed by atoms with Crippen molar-refractivity contribution in [3.05, 3.63) is 28.9 Å². The predicted molar refractivity (Wildman–Crippen MR) is 69.2 cm³/mol. The van der Waals surface area contributed by atoms with Crippen LogP contribution in [0.2, 0.25) is 5.15 Å². The van der Waals surface area contributed by atoms with Gasteiger partial charge in [-0.05, 0) is 27.7 Å². The van der Waals surface area contributed by atoms with Gasteiger partial charge in [-0.2, -0.15) is 10.1 Å². The maximum Gasteiger partial charge on any atom is 0.227 e. The molecule has 0 aliphatic carbocycles. The second-order valence-electron chi connectivity index (χ2n) is 4.34. The molecule has 0 fully saturated rings. The molecule has 0 amide bonds. The Morgan fingerprint density at radius 1 is 1.28 bits per heavy atom. The summed E-state index contributed by atoms with van der Waals surface area (Å²) < 4.78 is 7.50. The Labute approximate surface area is 111 Å². The van der Waals surface area contributed by atoms with Crippen LogP contribution in [-0.4, -0.2) is 19.7 Å². The van der Waals surface area contributed by atoms with Gasteiger partial charge in [0.2, 0.25) is 5.88 Å². The van der Waals surface area contributed by atoms with Crippen LogP contribution < -0.4 is 4.74 Å². The van der Waals surface area contributed by atoms with E-state index in [-0.39, 0.29) is 0 Å². The van der Waals surface area contributed by atoms with Gasteiger partial charge < -0.3 is 4.74 Å². The largest absolute Gasteiger partial charge is 0.435 e. The lowest BCUT2D eigenvalue weighted by Gasteiger charge is -2.07. The van der Waals surface area contributed by atoms with Gasteiger partial charge in [0.1, 0.15) is 11.0 Å². The zero-order chi connectivity index (χ0) is 13.3. The molecule has 2 aromatic rings. The summed E-state index contributed by atoms with van der Waals surface area (Å²) in [5.41, 5.74) is 0.722. The first kappa shape index (κ1) is 12.8. The van der Waals surface area contributed by atoms with Gasteiger partial charge in [0, 0.05) is 11.6 Å². The van der Waals surface area contributed by atoms with Gasteiger partial charge in [-0.1, -0.05) is 11.6 Å². The quantitative estimate of drug-likeness (QED) is 0.800. The van der Waals surface area contributed by atoms with Gasteiger partial charge >= 0.3 is 0 Å². The minimum Gasteiger partial charge on any atom is -0.435 e. The lowest BCUT2D eigenvalue weighted by Crippen LogP contribution is -2.00. The van der Waals surface area contributed by atoms with Crippen LogP contribution in [0.15, 0.2) is 12.4 Å². The minimum absolute atomic E-state index is 0.291. The van der Waals surface area contributed by atoms with Crippen molar-refractivity contribution in [1.29, 1.82) is 0 Å². The molecule has 2 heterocycles. The van der Waals surface area contributed by atoms with Crippen molar-refractivity contribution in [2.75, 3.05) is 0 Å². The van der Waals surface area contributed by atoms with E-state index in [9.17, 15) is 0 Å². The molecule has 0 bridgehead atoms. The Kier molecular flexibility index (Phi) is 3.52. The molecule has 0 N–H and O–H groups in total. The first-order valence-electron chi connectivity index (χ1n) is 5.70. The zero-order valence-electron chi connectivity index (χ0n) is 10.8. The van der Waals surface area contributed by atoms with Crippen LogP contribution in [-0.2, 0) is 0 Å². The van der Waals surface area contributed by atoms with E-state index >= 15 is 0 Å². The van der Waals surface area contributed by atoms with E-state index in [0.717, 1.165) is 5.56 Å². The molecular weight excluding hydrogens is 252 g/mol. The molecule has 2 aromatic heterocycles. The second kappa shape index (κ2) is 4.94. The molecule has 0 aromatic carbocycles. The van der Waals surface area contributed by atoms with E-state index in [1.807, 2.05) is 31.6 Å². The molecule has 0 saturated carbocycles. The van der Waals surface area contributed by atoms with Crippen LogP contribution in [0.25, 0.3) is 0 Å². The highest BCUT2D eigenvalue weighted by molar-refractivity contribution is 6.30. The number of ether oxygens (including phenoxy) is 1. The van der Waals surface area contributed by atoms with E-state index in [1.165, 1.54) is 0 Å². The molecule has 18 heavy (non-hydrogen) atoms. The smallest absolute Gasteiger partial charge is 0.227 e. The number of hydrogen-bond donors (Lipinski definition) is 0. The average molecular weight is 267 g/mol. The molecular formula is C12H15ClN4O. The molecule has 0 aliphatic heterocycles. The van der Waals surface area contributed by atoms with E-state index < -0.39 is 0 Å². The van der Waals surface area contributed by atoms with Gasteiger partial charge in [-0.3, -0.25) is 4.68 Å². The fourth-order valence-electron chi connectivity index (χ4n) is 1.44. The number of nitrogens with zero attached hydrogens (tertiary/aromatic N) is 4. The summed E-state index contributed by atoms with van der Waals surface area (Å²) in [5, 5.41) is 4.61. The molecule has 5 nitrogen and oxygen atoms in total. The third kappa shape index (κ3) is 2.61. The van der Waals surface area contributed by atoms with Crippen molar-refractivity contribution in [2.45, 2.75) is 33.7 Å². The van der Waals surface area contributed by atoms with Crippen LogP contribution in [0.5, 0.6) is 11.6 Å². The molecule has 96 valence electrons. The molecule has 6 heteroatoms. The summed E-state index contributed by atoms with van der Waals surface area (Å²) in [5.74, 6) is 1.69. The fourth-order valence-corrected chi connectivity index (χ4v) is 1.64. The third-order valence-corrected chi connectivity index (χ3v) is 2.84. The first-order valence-corrected chi connectivity index (χ1v) is 6.08. The third-order valence-electron chi connectivity index (χ3n) is 2.47. The van der Waals surface area contributed by atoms with E-state index in [1.54, 1.807) is 13.1 Å². The summed E-state index contributed by atoms with van der Waals surface area (Å²) in [6, 6.07) is 0.291. The van der Waals surface area contributed by atoms with Gasteiger partial charge in [0.15, 0.2) is 5.75 Å². The zero-order valence-corrected chi connectivity index (χ0v) is 11.6. The van der Waals surface area contributed by atoms with Crippen molar-refractivity contribution in [3.8, 4) is 11.6 Å². The topological polar surface area (TPSA) is 52.8 Å². The number of rotatable bonds is 3. The molecule has 0 saturated heterocycles. The molecule has 0 unspecified atom stereocenters. The normalized spacial score (nSPS) is 11.0. The van der Waals surface area contributed by atoms with Crippen molar-refractivity contribution in [2.24, 2.45) is 0 Å². The Morgan fingerprint density at radius 2 is 2.00 bits per heavy atom. The highest BCUT2D eigenvalue weighted by Crippen LogP contribution is 2.26. The van der Waals surface area contributed by atoms with Crippen molar-refractivity contribution in [1.82, 2.24) is 19.7 Å². The van der Waals surface area contributed by atoms with Crippen molar-refractivity contribution in [3.63, 3.8) is 0 Å². The Balaban J connectivity index is 2.28.